The maximum Gasteiger partial charge on any atom is 0.0991 e. The lowest BCUT2D eigenvalue weighted by molar-refractivity contribution is 1.05. The van der Waals surface area contributed by atoms with E-state index in [1.807, 2.05) is 16.8 Å². The highest BCUT2D eigenvalue weighted by Gasteiger charge is 2.00. The van der Waals surface area contributed by atoms with Crippen LogP contribution >= 0.6 is 15.9 Å². The van der Waals surface area contributed by atoms with Crippen LogP contribution in [0.5, 0.6) is 0 Å². The van der Waals surface area contributed by atoms with E-state index in [0.29, 0.717) is 0 Å². The van der Waals surface area contributed by atoms with Crippen LogP contribution in [0.1, 0.15) is 11.1 Å². The van der Waals surface area contributed by atoms with Gasteiger partial charge in [0.05, 0.1) is 6.33 Å². The van der Waals surface area contributed by atoms with Gasteiger partial charge in [0.2, 0.25) is 0 Å². The number of rotatable bonds is 4. The lowest BCUT2D eigenvalue weighted by atomic mass is 10.1. The second-order valence-corrected chi connectivity index (χ2v) is 5.81. The molecule has 0 unspecified atom stereocenters. The number of halogens is 1. The Labute approximate surface area is 132 Å². The predicted molar refractivity (Wildman–Crippen MR) is 89.8 cm³/mol. The van der Waals surface area contributed by atoms with E-state index in [4.69, 9.17) is 0 Å². The first-order chi connectivity index (χ1) is 10.2. The number of anilines is 1. The molecule has 4 heteroatoms. The number of nitrogens with one attached hydrogen (secondary N) is 1. The Kier molecular flexibility index (Phi) is 4.06. The Morgan fingerprint density at radius 2 is 2.10 bits per heavy atom. The van der Waals surface area contributed by atoms with Crippen molar-refractivity contribution in [3.63, 3.8) is 0 Å². The molecule has 0 aliphatic rings. The molecule has 0 spiro atoms. The van der Waals surface area contributed by atoms with E-state index in [-0.39, 0.29) is 0 Å². The summed E-state index contributed by atoms with van der Waals surface area (Å²) < 4.78 is 3.14. The van der Waals surface area contributed by atoms with Gasteiger partial charge in [-0.25, -0.2) is 4.98 Å². The number of aromatic nitrogens is 2. The zero-order valence-electron chi connectivity index (χ0n) is 11.8. The van der Waals surface area contributed by atoms with Gasteiger partial charge >= 0.3 is 0 Å². The number of nitrogens with zero attached hydrogens (tertiary/aromatic N) is 2. The van der Waals surface area contributed by atoms with Gasteiger partial charge in [0.1, 0.15) is 0 Å². The summed E-state index contributed by atoms with van der Waals surface area (Å²) in [5, 5.41) is 3.46. The monoisotopic (exact) mass is 341 g/mol. The van der Waals surface area contributed by atoms with Crippen LogP contribution in [0.15, 0.2) is 65.7 Å². The van der Waals surface area contributed by atoms with Gasteiger partial charge in [0.25, 0.3) is 0 Å². The van der Waals surface area contributed by atoms with Crippen molar-refractivity contribution in [1.29, 1.82) is 0 Å². The van der Waals surface area contributed by atoms with Crippen LogP contribution in [0.3, 0.4) is 0 Å². The van der Waals surface area contributed by atoms with Crippen molar-refractivity contribution in [2.24, 2.45) is 0 Å². The smallest absolute Gasteiger partial charge is 0.0991 e. The van der Waals surface area contributed by atoms with Crippen LogP contribution in [0.25, 0.3) is 5.69 Å². The van der Waals surface area contributed by atoms with Gasteiger partial charge in [-0.1, -0.05) is 34.1 Å². The number of imidazole rings is 1. The van der Waals surface area contributed by atoms with Gasteiger partial charge in [-0.2, -0.15) is 0 Å². The van der Waals surface area contributed by atoms with Gasteiger partial charge in [0.15, 0.2) is 0 Å². The Bertz CT molecular complexity index is 736. The number of hydrogen-bond donors (Lipinski definition) is 1. The van der Waals surface area contributed by atoms with Crippen molar-refractivity contribution < 1.29 is 0 Å². The molecule has 1 N–H and O–H groups in total. The lowest BCUT2D eigenvalue weighted by Gasteiger charge is -2.10. The van der Waals surface area contributed by atoms with E-state index < -0.39 is 0 Å². The molecule has 0 amide bonds. The molecule has 0 bridgehead atoms. The van der Waals surface area contributed by atoms with Crippen molar-refractivity contribution in [1.82, 2.24) is 9.55 Å². The Balaban J connectivity index is 1.73. The molecule has 0 radical (unpaired) electrons. The van der Waals surface area contributed by atoms with E-state index in [1.165, 1.54) is 11.1 Å². The lowest BCUT2D eigenvalue weighted by Crippen LogP contribution is -2.00. The van der Waals surface area contributed by atoms with Crippen LogP contribution in [0, 0.1) is 6.92 Å². The number of hydrogen-bond acceptors (Lipinski definition) is 2. The molecular weight excluding hydrogens is 326 g/mol. The highest BCUT2D eigenvalue weighted by Crippen LogP contribution is 2.19. The molecule has 1 aromatic heterocycles. The Hall–Kier alpha value is -2.07. The normalized spacial score (nSPS) is 10.6. The molecular formula is C17H16BrN3. The SMILES string of the molecule is Cc1ccc(CNc2cccc(-n3ccnc3)c2)cc1Br. The molecule has 0 fully saturated rings. The van der Waals surface area contributed by atoms with E-state index in [9.17, 15) is 0 Å². The van der Waals surface area contributed by atoms with Crippen molar-refractivity contribution in [2.45, 2.75) is 13.5 Å². The molecule has 3 aromatic rings. The largest absolute Gasteiger partial charge is 0.381 e. The van der Waals surface area contributed by atoms with E-state index >= 15 is 0 Å². The highest BCUT2D eigenvalue weighted by molar-refractivity contribution is 9.10. The predicted octanol–water partition coefficient (Wildman–Crippen LogP) is 4.56. The minimum Gasteiger partial charge on any atom is -0.381 e. The molecule has 0 saturated carbocycles. The maximum absolute atomic E-state index is 4.08. The molecule has 3 rings (SSSR count). The highest BCUT2D eigenvalue weighted by atomic mass is 79.9. The summed E-state index contributed by atoms with van der Waals surface area (Å²) in [5.74, 6) is 0. The second kappa shape index (κ2) is 6.14. The zero-order valence-corrected chi connectivity index (χ0v) is 13.3. The molecule has 106 valence electrons. The third-order valence-corrected chi connectivity index (χ3v) is 4.24. The molecule has 3 nitrogen and oxygen atoms in total. The second-order valence-electron chi connectivity index (χ2n) is 4.96. The third kappa shape index (κ3) is 3.34. The van der Waals surface area contributed by atoms with Crippen molar-refractivity contribution >= 4 is 21.6 Å². The summed E-state index contributed by atoms with van der Waals surface area (Å²) in [4.78, 5) is 4.08. The summed E-state index contributed by atoms with van der Waals surface area (Å²) in [5.41, 5.74) is 4.70. The summed E-state index contributed by atoms with van der Waals surface area (Å²) in [6.07, 6.45) is 5.52. The van der Waals surface area contributed by atoms with Crippen LogP contribution in [-0.2, 0) is 6.54 Å². The van der Waals surface area contributed by atoms with Gasteiger partial charge in [0, 0.05) is 34.8 Å². The average molecular weight is 342 g/mol. The summed E-state index contributed by atoms with van der Waals surface area (Å²) in [6.45, 7) is 2.89. The van der Waals surface area contributed by atoms with Crippen LogP contribution in [-0.4, -0.2) is 9.55 Å². The minimum atomic E-state index is 0.798. The van der Waals surface area contributed by atoms with Crippen LogP contribution in [0.4, 0.5) is 5.69 Å². The minimum absolute atomic E-state index is 0.798. The van der Waals surface area contributed by atoms with E-state index in [0.717, 1.165) is 22.4 Å². The van der Waals surface area contributed by atoms with Gasteiger partial charge in [-0.3, -0.25) is 0 Å². The standard InChI is InChI=1S/C17H16BrN3/c1-13-5-6-14(9-17(13)18)11-20-15-3-2-4-16(10-15)21-8-7-19-12-21/h2-10,12,20H,11H2,1H3. The fourth-order valence-corrected chi connectivity index (χ4v) is 2.56. The number of aryl methyl sites for hydroxylation is 1. The summed E-state index contributed by atoms with van der Waals surface area (Å²) >= 11 is 3.57. The molecule has 0 aliphatic carbocycles. The number of benzene rings is 2. The van der Waals surface area contributed by atoms with E-state index in [2.05, 4.69) is 69.6 Å². The fourth-order valence-electron chi connectivity index (χ4n) is 2.14. The van der Waals surface area contributed by atoms with Crippen molar-refractivity contribution in [3.05, 3.63) is 76.8 Å². The fraction of sp³-hybridized carbons (Fsp3) is 0.118. The molecule has 2 aromatic carbocycles. The first-order valence-corrected chi connectivity index (χ1v) is 7.59. The molecule has 1 heterocycles. The summed E-state index contributed by atoms with van der Waals surface area (Å²) in [6, 6.07) is 14.7. The average Bonchev–Trinajstić information content (AvgIpc) is 3.03. The zero-order chi connectivity index (χ0) is 14.7. The molecule has 0 aliphatic heterocycles. The first-order valence-electron chi connectivity index (χ1n) is 6.80. The first kappa shape index (κ1) is 13.9. The maximum atomic E-state index is 4.08. The van der Waals surface area contributed by atoms with Crippen molar-refractivity contribution in [2.75, 3.05) is 5.32 Å². The summed E-state index contributed by atoms with van der Waals surface area (Å²) in [7, 11) is 0. The Morgan fingerprint density at radius 1 is 1.19 bits per heavy atom. The molecule has 21 heavy (non-hydrogen) atoms. The Morgan fingerprint density at radius 3 is 2.86 bits per heavy atom. The van der Waals surface area contributed by atoms with Gasteiger partial charge in [-0.15, -0.1) is 0 Å². The van der Waals surface area contributed by atoms with Crippen LogP contribution in [0.2, 0.25) is 0 Å². The molecule has 0 atom stereocenters. The van der Waals surface area contributed by atoms with Crippen molar-refractivity contribution in [3.8, 4) is 5.69 Å². The van der Waals surface area contributed by atoms with Gasteiger partial charge in [-0.05, 0) is 42.3 Å². The molecule has 0 saturated heterocycles. The third-order valence-electron chi connectivity index (χ3n) is 3.38. The van der Waals surface area contributed by atoms with Crippen LogP contribution < -0.4 is 5.32 Å². The van der Waals surface area contributed by atoms with Gasteiger partial charge < -0.3 is 9.88 Å². The topological polar surface area (TPSA) is 29.9 Å². The van der Waals surface area contributed by atoms with E-state index in [1.54, 1.807) is 12.5 Å². The quantitative estimate of drug-likeness (QED) is 0.754.